The van der Waals surface area contributed by atoms with Crippen molar-refractivity contribution < 1.29 is 8.42 Å². The van der Waals surface area contributed by atoms with Gasteiger partial charge < -0.3 is 10.2 Å². The molecule has 0 spiro atoms. The van der Waals surface area contributed by atoms with Gasteiger partial charge in [0.2, 0.25) is 0 Å². The predicted molar refractivity (Wildman–Crippen MR) is 104 cm³/mol. The number of hydrogen-bond acceptors (Lipinski definition) is 4. The average Bonchev–Trinajstić information content (AvgIpc) is 2.37. The number of rotatable bonds is 5. The van der Waals surface area contributed by atoms with E-state index in [1.807, 2.05) is 11.8 Å². The molecule has 1 saturated heterocycles. The van der Waals surface area contributed by atoms with E-state index in [0.29, 0.717) is 13.1 Å². The van der Waals surface area contributed by atoms with Crippen LogP contribution < -0.4 is 5.32 Å². The zero-order valence-electron chi connectivity index (χ0n) is 13.4. The van der Waals surface area contributed by atoms with Crippen molar-refractivity contribution in [3.8, 4) is 0 Å². The van der Waals surface area contributed by atoms with Crippen LogP contribution in [0.25, 0.3) is 0 Å². The van der Waals surface area contributed by atoms with Crippen LogP contribution in [0.1, 0.15) is 26.7 Å². The molecule has 0 atom stereocenters. The predicted octanol–water partition coefficient (Wildman–Crippen LogP) is 1.83. The molecule has 0 aromatic carbocycles. The van der Waals surface area contributed by atoms with Crippen molar-refractivity contribution in [2.45, 2.75) is 31.4 Å². The molecule has 0 bridgehead atoms. The van der Waals surface area contributed by atoms with Crippen LogP contribution in [0.4, 0.5) is 0 Å². The highest BCUT2D eigenvalue weighted by Gasteiger charge is 2.40. The van der Waals surface area contributed by atoms with Gasteiger partial charge >= 0.3 is 0 Å². The third kappa shape index (κ3) is 6.13. The minimum atomic E-state index is -3.00. The first kappa shape index (κ1) is 21.3. The number of nitrogens with one attached hydrogen (secondary N) is 1. The van der Waals surface area contributed by atoms with Gasteiger partial charge in [0.15, 0.2) is 15.8 Å². The molecule has 21 heavy (non-hydrogen) atoms. The fourth-order valence-electron chi connectivity index (χ4n) is 2.23. The maximum absolute atomic E-state index is 12.0. The van der Waals surface area contributed by atoms with Crippen LogP contribution in [0.2, 0.25) is 0 Å². The van der Waals surface area contributed by atoms with E-state index in [-0.39, 0.29) is 29.7 Å². The molecule has 1 heterocycles. The monoisotopic (exact) mass is 449 g/mol. The molecule has 126 valence electrons. The van der Waals surface area contributed by atoms with Crippen LogP contribution in [0.5, 0.6) is 0 Å². The van der Waals surface area contributed by atoms with Crippen molar-refractivity contribution in [3.05, 3.63) is 0 Å². The molecule has 0 aliphatic carbocycles. The van der Waals surface area contributed by atoms with E-state index in [0.717, 1.165) is 18.9 Å². The van der Waals surface area contributed by atoms with Crippen LogP contribution in [0.15, 0.2) is 4.99 Å². The van der Waals surface area contributed by atoms with Crippen LogP contribution in [-0.2, 0) is 9.84 Å². The molecule has 0 radical (unpaired) electrons. The topological polar surface area (TPSA) is 61.8 Å². The highest BCUT2D eigenvalue weighted by Crippen LogP contribution is 2.23. The zero-order valence-corrected chi connectivity index (χ0v) is 17.3. The normalized spacial score (nSPS) is 20.8. The third-order valence-electron chi connectivity index (χ3n) is 3.61. The standard InChI is InChI=1S/C13H27N3O2S2.HI/c1-13(2)11-16(8-10-20(13,17)18)12(14-3)15-7-5-6-9-19-4;/h5-11H2,1-4H3,(H,14,15);1H. The van der Waals surface area contributed by atoms with Gasteiger partial charge in [-0.1, -0.05) is 0 Å². The molecule has 0 aromatic heterocycles. The number of sulfone groups is 1. The summed E-state index contributed by atoms with van der Waals surface area (Å²) in [4.78, 5) is 6.33. The second-order valence-corrected chi connectivity index (χ2v) is 9.40. The number of guanidine groups is 1. The molecule has 0 unspecified atom stereocenters. The second-order valence-electron chi connectivity index (χ2n) is 5.67. The molecular weight excluding hydrogens is 421 g/mol. The summed E-state index contributed by atoms with van der Waals surface area (Å²) in [7, 11) is -1.25. The minimum Gasteiger partial charge on any atom is -0.356 e. The van der Waals surface area contributed by atoms with E-state index in [1.165, 1.54) is 12.2 Å². The first-order valence-electron chi connectivity index (χ1n) is 7.01. The van der Waals surface area contributed by atoms with E-state index in [1.54, 1.807) is 20.9 Å². The van der Waals surface area contributed by atoms with Gasteiger partial charge in [0.05, 0.1) is 10.5 Å². The fraction of sp³-hybridized carbons (Fsp3) is 0.923. The number of nitrogens with zero attached hydrogens (tertiary/aromatic N) is 2. The van der Waals surface area contributed by atoms with Gasteiger partial charge in [-0.15, -0.1) is 24.0 Å². The molecular formula is C13H28IN3O2S2. The summed E-state index contributed by atoms with van der Waals surface area (Å²) in [5.74, 6) is 2.19. The molecule has 1 fully saturated rings. The summed E-state index contributed by atoms with van der Waals surface area (Å²) in [5.41, 5.74) is 0. The molecule has 5 nitrogen and oxygen atoms in total. The third-order valence-corrected chi connectivity index (χ3v) is 6.84. The van der Waals surface area contributed by atoms with Gasteiger partial charge in [0.25, 0.3) is 0 Å². The Hall–Kier alpha value is 0.300. The van der Waals surface area contributed by atoms with Crippen LogP contribution in [0, 0.1) is 0 Å². The van der Waals surface area contributed by atoms with Crippen LogP contribution in [-0.4, -0.2) is 68.5 Å². The van der Waals surface area contributed by atoms with Gasteiger partial charge in [-0.3, -0.25) is 4.99 Å². The summed E-state index contributed by atoms with van der Waals surface area (Å²) < 4.78 is 23.3. The summed E-state index contributed by atoms with van der Waals surface area (Å²) >= 11 is 1.86. The van der Waals surface area contributed by atoms with Crippen molar-refractivity contribution in [1.29, 1.82) is 0 Å². The van der Waals surface area contributed by atoms with E-state index in [2.05, 4.69) is 21.5 Å². The molecule has 1 aliphatic heterocycles. The largest absolute Gasteiger partial charge is 0.356 e. The Kier molecular flexibility index (Phi) is 9.58. The highest BCUT2D eigenvalue weighted by molar-refractivity contribution is 14.0. The molecule has 1 aliphatic rings. The van der Waals surface area contributed by atoms with Crippen molar-refractivity contribution in [2.24, 2.45) is 4.99 Å². The summed E-state index contributed by atoms with van der Waals surface area (Å²) in [5, 5.41) is 3.34. The van der Waals surface area contributed by atoms with Crippen LogP contribution in [0.3, 0.4) is 0 Å². The maximum Gasteiger partial charge on any atom is 0.193 e. The lowest BCUT2D eigenvalue weighted by atomic mass is 10.2. The Labute approximate surface area is 150 Å². The van der Waals surface area contributed by atoms with Crippen LogP contribution >= 0.6 is 35.7 Å². The lowest BCUT2D eigenvalue weighted by molar-refractivity contribution is 0.353. The van der Waals surface area contributed by atoms with Gasteiger partial charge in [-0.2, -0.15) is 11.8 Å². The minimum absolute atomic E-state index is 0. The first-order chi connectivity index (χ1) is 9.34. The highest BCUT2D eigenvalue weighted by atomic mass is 127. The Bertz CT molecular complexity index is 439. The Morgan fingerprint density at radius 1 is 1.38 bits per heavy atom. The van der Waals surface area contributed by atoms with Gasteiger partial charge in [-0.25, -0.2) is 8.42 Å². The van der Waals surface area contributed by atoms with Crippen molar-refractivity contribution >= 4 is 51.5 Å². The Morgan fingerprint density at radius 2 is 2.05 bits per heavy atom. The average molecular weight is 449 g/mol. The quantitative estimate of drug-likeness (QED) is 0.300. The van der Waals surface area contributed by atoms with Crippen molar-refractivity contribution in [2.75, 3.05) is 44.4 Å². The first-order valence-corrected chi connectivity index (χ1v) is 10.1. The molecule has 0 amide bonds. The van der Waals surface area contributed by atoms with Gasteiger partial charge in [0.1, 0.15) is 0 Å². The van der Waals surface area contributed by atoms with E-state index in [9.17, 15) is 8.42 Å². The number of aliphatic imine (C=N–C) groups is 1. The van der Waals surface area contributed by atoms with Crippen molar-refractivity contribution in [3.63, 3.8) is 0 Å². The maximum atomic E-state index is 12.0. The van der Waals surface area contributed by atoms with Gasteiger partial charge in [-0.05, 0) is 38.7 Å². The molecule has 1 N–H and O–H groups in total. The molecule has 8 heteroatoms. The van der Waals surface area contributed by atoms with E-state index in [4.69, 9.17) is 0 Å². The number of unbranched alkanes of at least 4 members (excludes halogenated alkanes) is 1. The fourth-order valence-corrected chi connectivity index (χ4v) is 4.09. The second kappa shape index (κ2) is 9.44. The Balaban J connectivity index is 0.00000400. The number of hydrogen-bond donors (Lipinski definition) is 1. The van der Waals surface area contributed by atoms with E-state index >= 15 is 0 Å². The smallest absolute Gasteiger partial charge is 0.193 e. The van der Waals surface area contributed by atoms with E-state index < -0.39 is 14.6 Å². The van der Waals surface area contributed by atoms with Gasteiger partial charge in [0, 0.05) is 26.7 Å². The summed E-state index contributed by atoms with van der Waals surface area (Å²) in [6.45, 7) is 5.49. The van der Waals surface area contributed by atoms with Crippen molar-refractivity contribution in [1.82, 2.24) is 10.2 Å². The molecule has 1 rings (SSSR count). The molecule has 0 aromatic rings. The zero-order chi connectivity index (χ0) is 15.2. The SMILES string of the molecule is CN=C(NCCCCSC)N1CCS(=O)(=O)C(C)(C)C1.I. The lowest BCUT2D eigenvalue weighted by Crippen LogP contribution is -2.57. The molecule has 0 saturated carbocycles. The summed E-state index contributed by atoms with van der Waals surface area (Å²) in [6, 6.07) is 0. The number of halogens is 1. The summed E-state index contributed by atoms with van der Waals surface area (Å²) in [6.07, 6.45) is 4.41. The lowest BCUT2D eigenvalue weighted by Gasteiger charge is -2.39. The Morgan fingerprint density at radius 3 is 2.57 bits per heavy atom. The number of thioether (sulfide) groups is 1.